The van der Waals surface area contributed by atoms with Gasteiger partial charge in [0.15, 0.2) is 0 Å². The maximum Gasteiger partial charge on any atom is 0.254 e. The number of hydrogen-bond donors (Lipinski definition) is 2. The van der Waals surface area contributed by atoms with E-state index in [0.717, 1.165) is 10.0 Å². The second-order valence-corrected chi connectivity index (χ2v) is 6.50. The lowest BCUT2D eigenvalue weighted by atomic mass is 9.98. The van der Waals surface area contributed by atoms with Crippen LogP contribution in [0.4, 0.5) is 0 Å². The van der Waals surface area contributed by atoms with Gasteiger partial charge in [0.05, 0.1) is 18.7 Å². The van der Waals surface area contributed by atoms with Crippen LogP contribution in [-0.2, 0) is 18.5 Å². The summed E-state index contributed by atoms with van der Waals surface area (Å²) in [7, 11) is 0. The van der Waals surface area contributed by atoms with Gasteiger partial charge in [-0.2, -0.15) is 0 Å². The van der Waals surface area contributed by atoms with Gasteiger partial charge in [0.2, 0.25) is 0 Å². The van der Waals surface area contributed by atoms with Gasteiger partial charge >= 0.3 is 0 Å². The number of halogens is 1. The van der Waals surface area contributed by atoms with Gasteiger partial charge in [-0.1, -0.05) is 32.1 Å². The van der Waals surface area contributed by atoms with Crippen LogP contribution in [0.1, 0.15) is 46.9 Å². The molecule has 1 amide bonds. The van der Waals surface area contributed by atoms with Crippen molar-refractivity contribution < 1.29 is 9.21 Å². The Morgan fingerprint density at radius 3 is 2.67 bits per heavy atom. The molecule has 0 aliphatic heterocycles. The van der Waals surface area contributed by atoms with E-state index in [4.69, 9.17) is 10.2 Å². The van der Waals surface area contributed by atoms with Crippen molar-refractivity contribution in [2.45, 2.75) is 39.3 Å². The van der Waals surface area contributed by atoms with Gasteiger partial charge in [0, 0.05) is 5.41 Å². The molecule has 0 aliphatic rings. The number of nitrogens with zero attached hydrogens (tertiary/aromatic N) is 2. The number of rotatable bonds is 4. The predicted octanol–water partition coefficient (Wildman–Crippen LogP) is 2.24. The van der Waals surface area contributed by atoms with Crippen molar-refractivity contribution >= 4 is 29.7 Å². The molecule has 2 heterocycles. The fourth-order valence-corrected chi connectivity index (χ4v) is 2.33. The number of furan rings is 1. The van der Waals surface area contributed by atoms with Crippen molar-refractivity contribution in [1.29, 1.82) is 0 Å². The van der Waals surface area contributed by atoms with E-state index in [-0.39, 0.29) is 30.3 Å². The van der Waals surface area contributed by atoms with E-state index >= 15 is 0 Å². The second-order valence-electron chi connectivity index (χ2n) is 5.44. The maximum atomic E-state index is 11.9. The standard InChI is InChI=1S/C13H18N4O2S.ClH/c1-13(2,3)12-17-16-10(20-12)6-15-11(18)8-4-9(5-14)19-7-8;/h4,7H,5-6,14H2,1-3H3,(H,15,18);1H. The molecule has 2 aromatic heterocycles. The summed E-state index contributed by atoms with van der Waals surface area (Å²) in [6.45, 7) is 6.87. The Kier molecular flexibility index (Phi) is 5.88. The molecular weight excluding hydrogens is 312 g/mol. The van der Waals surface area contributed by atoms with Gasteiger partial charge in [0.1, 0.15) is 22.0 Å². The van der Waals surface area contributed by atoms with E-state index in [2.05, 4.69) is 36.3 Å². The van der Waals surface area contributed by atoms with Crippen LogP contribution in [0.25, 0.3) is 0 Å². The molecule has 0 fully saturated rings. The summed E-state index contributed by atoms with van der Waals surface area (Å²) >= 11 is 1.51. The molecule has 0 bridgehead atoms. The van der Waals surface area contributed by atoms with Crippen molar-refractivity contribution in [3.05, 3.63) is 33.7 Å². The van der Waals surface area contributed by atoms with Gasteiger partial charge in [-0.3, -0.25) is 4.79 Å². The minimum absolute atomic E-state index is 0. The average Bonchev–Trinajstić information content (AvgIpc) is 3.04. The van der Waals surface area contributed by atoms with Crippen LogP contribution in [0.3, 0.4) is 0 Å². The lowest BCUT2D eigenvalue weighted by molar-refractivity contribution is 0.0950. The molecule has 116 valence electrons. The Balaban J connectivity index is 0.00000220. The molecule has 0 aromatic carbocycles. The van der Waals surface area contributed by atoms with E-state index in [1.54, 1.807) is 6.07 Å². The summed E-state index contributed by atoms with van der Waals surface area (Å²) in [5.41, 5.74) is 5.87. The average molecular weight is 331 g/mol. The molecular formula is C13H19ClN4O2S. The molecule has 21 heavy (non-hydrogen) atoms. The van der Waals surface area contributed by atoms with E-state index in [1.165, 1.54) is 17.6 Å². The van der Waals surface area contributed by atoms with E-state index in [0.29, 0.717) is 17.9 Å². The number of hydrogen-bond acceptors (Lipinski definition) is 6. The highest BCUT2D eigenvalue weighted by molar-refractivity contribution is 7.11. The summed E-state index contributed by atoms with van der Waals surface area (Å²) in [4.78, 5) is 11.9. The predicted molar refractivity (Wildman–Crippen MR) is 83.6 cm³/mol. The van der Waals surface area contributed by atoms with Crippen LogP contribution in [-0.4, -0.2) is 16.1 Å². The minimum atomic E-state index is -0.207. The maximum absolute atomic E-state index is 11.9. The van der Waals surface area contributed by atoms with Crippen molar-refractivity contribution in [3.8, 4) is 0 Å². The summed E-state index contributed by atoms with van der Waals surface area (Å²) in [5.74, 6) is 0.377. The first-order valence-electron chi connectivity index (χ1n) is 6.28. The fraction of sp³-hybridized carbons (Fsp3) is 0.462. The SMILES string of the molecule is CC(C)(C)c1nnc(CNC(=O)c2coc(CN)c2)s1.Cl. The highest BCUT2D eigenvalue weighted by Gasteiger charge is 2.19. The molecule has 2 aromatic rings. The summed E-state index contributed by atoms with van der Waals surface area (Å²) in [6.07, 6.45) is 1.40. The van der Waals surface area contributed by atoms with Gasteiger partial charge in [-0.05, 0) is 6.07 Å². The van der Waals surface area contributed by atoms with Crippen molar-refractivity contribution in [3.63, 3.8) is 0 Å². The van der Waals surface area contributed by atoms with E-state index in [1.807, 2.05) is 0 Å². The zero-order chi connectivity index (χ0) is 14.8. The fourth-order valence-electron chi connectivity index (χ4n) is 1.49. The Labute approximate surface area is 133 Å². The molecule has 0 saturated carbocycles. The number of nitrogens with two attached hydrogens (primary N) is 1. The smallest absolute Gasteiger partial charge is 0.254 e. The molecule has 8 heteroatoms. The van der Waals surface area contributed by atoms with Crippen LogP contribution in [0.2, 0.25) is 0 Å². The molecule has 0 spiro atoms. The largest absolute Gasteiger partial charge is 0.467 e. The first-order valence-corrected chi connectivity index (χ1v) is 7.10. The third-order valence-corrected chi connectivity index (χ3v) is 3.97. The number of nitrogens with one attached hydrogen (secondary N) is 1. The van der Waals surface area contributed by atoms with Crippen molar-refractivity contribution in [2.24, 2.45) is 5.73 Å². The Bertz CT molecular complexity index is 603. The number of amides is 1. The number of carbonyl (C=O) groups excluding carboxylic acids is 1. The normalized spacial score (nSPS) is 11.0. The topological polar surface area (TPSA) is 94.0 Å². The molecule has 0 unspecified atom stereocenters. The second kappa shape index (κ2) is 7.02. The molecule has 6 nitrogen and oxygen atoms in total. The lowest BCUT2D eigenvalue weighted by Gasteiger charge is -2.12. The van der Waals surface area contributed by atoms with Crippen LogP contribution in [0.5, 0.6) is 0 Å². The Hall–Kier alpha value is -1.44. The third kappa shape index (κ3) is 4.52. The molecule has 3 N–H and O–H groups in total. The Morgan fingerprint density at radius 2 is 2.14 bits per heavy atom. The lowest BCUT2D eigenvalue weighted by Crippen LogP contribution is -2.22. The summed E-state index contributed by atoms with van der Waals surface area (Å²) in [6, 6.07) is 1.63. The highest BCUT2D eigenvalue weighted by atomic mass is 35.5. The van der Waals surface area contributed by atoms with Crippen LogP contribution < -0.4 is 11.1 Å². The zero-order valence-electron chi connectivity index (χ0n) is 12.2. The summed E-state index contributed by atoms with van der Waals surface area (Å²) < 4.78 is 5.12. The number of carbonyl (C=O) groups is 1. The minimum Gasteiger partial charge on any atom is -0.467 e. The van der Waals surface area contributed by atoms with Crippen LogP contribution >= 0.6 is 23.7 Å². The van der Waals surface area contributed by atoms with Crippen molar-refractivity contribution in [1.82, 2.24) is 15.5 Å². The van der Waals surface area contributed by atoms with Gasteiger partial charge in [-0.25, -0.2) is 0 Å². The molecule has 0 atom stereocenters. The van der Waals surface area contributed by atoms with E-state index in [9.17, 15) is 4.79 Å². The van der Waals surface area contributed by atoms with E-state index < -0.39 is 0 Å². The first-order chi connectivity index (χ1) is 9.40. The third-order valence-electron chi connectivity index (χ3n) is 2.63. The molecule has 0 aliphatic carbocycles. The van der Waals surface area contributed by atoms with Gasteiger partial charge in [-0.15, -0.1) is 22.6 Å². The number of aromatic nitrogens is 2. The monoisotopic (exact) mass is 330 g/mol. The van der Waals surface area contributed by atoms with Gasteiger partial charge < -0.3 is 15.5 Å². The van der Waals surface area contributed by atoms with Gasteiger partial charge in [0.25, 0.3) is 5.91 Å². The van der Waals surface area contributed by atoms with Crippen LogP contribution in [0.15, 0.2) is 16.7 Å². The molecule has 0 saturated heterocycles. The highest BCUT2D eigenvalue weighted by Crippen LogP contribution is 2.25. The molecule has 2 rings (SSSR count). The summed E-state index contributed by atoms with van der Waals surface area (Å²) in [5, 5.41) is 12.7. The first kappa shape index (κ1) is 17.6. The zero-order valence-corrected chi connectivity index (χ0v) is 13.8. The quantitative estimate of drug-likeness (QED) is 0.896. The molecule has 0 radical (unpaired) electrons. The van der Waals surface area contributed by atoms with Crippen molar-refractivity contribution in [2.75, 3.05) is 0 Å². The Morgan fingerprint density at radius 1 is 1.43 bits per heavy atom. The van der Waals surface area contributed by atoms with Crippen LogP contribution in [0, 0.1) is 0 Å².